The van der Waals surface area contributed by atoms with E-state index in [0.717, 1.165) is 12.8 Å². The summed E-state index contributed by atoms with van der Waals surface area (Å²) < 4.78 is 0. The van der Waals surface area contributed by atoms with Crippen LogP contribution in [-0.2, 0) is 0 Å². The van der Waals surface area contributed by atoms with Gasteiger partial charge in [0.15, 0.2) is 0 Å². The van der Waals surface area contributed by atoms with E-state index in [2.05, 4.69) is 13.8 Å². The highest BCUT2D eigenvalue weighted by Gasteiger charge is 2.02. The van der Waals surface area contributed by atoms with Gasteiger partial charge < -0.3 is 5.11 Å². The summed E-state index contributed by atoms with van der Waals surface area (Å²) in [5.41, 5.74) is 0. The smallest absolute Gasteiger partial charge is 0.0540 e. The molecule has 0 saturated carbocycles. The highest BCUT2D eigenvalue weighted by Crippen LogP contribution is 2.12. The van der Waals surface area contributed by atoms with Crippen LogP contribution in [0.15, 0.2) is 0 Å². The molecule has 0 fully saturated rings. The molecule has 0 saturated heterocycles. The van der Waals surface area contributed by atoms with Crippen molar-refractivity contribution in [2.75, 3.05) is 0 Å². The zero-order chi connectivity index (χ0) is 11.4. The van der Waals surface area contributed by atoms with Crippen molar-refractivity contribution in [1.82, 2.24) is 0 Å². The SMILES string of the molecule is CCCCCCCCCC(O)CCCC. The van der Waals surface area contributed by atoms with Crippen LogP contribution in [0.25, 0.3) is 0 Å². The van der Waals surface area contributed by atoms with Gasteiger partial charge in [0.1, 0.15) is 0 Å². The van der Waals surface area contributed by atoms with Crippen LogP contribution < -0.4 is 0 Å². The molecule has 0 aliphatic carbocycles. The molecule has 1 unspecified atom stereocenters. The van der Waals surface area contributed by atoms with Crippen molar-refractivity contribution in [3.05, 3.63) is 0 Å². The van der Waals surface area contributed by atoms with Crippen LogP contribution in [0.5, 0.6) is 0 Å². The van der Waals surface area contributed by atoms with Crippen LogP contribution in [0, 0.1) is 0 Å². The Morgan fingerprint density at radius 1 is 0.667 bits per heavy atom. The second-order valence-electron chi connectivity index (χ2n) is 4.71. The van der Waals surface area contributed by atoms with Crippen LogP contribution in [0.4, 0.5) is 0 Å². The Kier molecular flexibility index (Phi) is 12.0. The number of hydrogen-bond acceptors (Lipinski definition) is 1. The minimum Gasteiger partial charge on any atom is -0.393 e. The Balaban J connectivity index is 3.02. The van der Waals surface area contributed by atoms with E-state index in [1.165, 1.54) is 57.8 Å². The zero-order valence-corrected chi connectivity index (χ0v) is 10.8. The Morgan fingerprint density at radius 2 is 1.13 bits per heavy atom. The van der Waals surface area contributed by atoms with Gasteiger partial charge in [-0.15, -0.1) is 0 Å². The van der Waals surface area contributed by atoms with E-state index in [4.69, 9.17) is 0 Å². The van der Waals surface area contributed by atoms with E-state index < -0.39 is 0 Å². The molecule has 15 heavy (non-hydrogen) atoms. The average molecular weight is 214 g/mol. The largest absolute Gasteiger partial charge is 0.393 e. The summed E-state index contributed by atoms with van der Waals surface area (Å²) in [4.78, 5) is 0. The fourth-order valence-electron chi connectivity index (χ4n) is 1.92. The summed E-state index contributed by atoms with van der Waals surface area (Å²) in [6.45, 7) is 4.44. The van der Waals surface area contributed by atoms with Gasteiger partial charge in [0, 0.05) is 0 Å². The predicted octanol–water partition coefficient (Wildman–Crippen LogP) is 4.68. The summed E-state index contributed by atoms with van der Waals surface area (Å²) in [6, 6.07) is 0. The molecule has 92 valence electrons. The predicted molar refractivity (Wildman–Crippen MR) is 68.1 cm³/mol. The normalized spacial score (nSPS) is 13.0. The summed E-state index contributed by atoms with van der Waals surface area (Å²) >= 11 is 0. The molecule has 0 rings (SSSR count). The second-order valence-corrected chi connectivity index (χ2v) is 4.71. The van der Waals surface area contributed by atoms with Crippen molar-refractivity contribution in [3.63, 3.8) is 0 Å². The standard InChI is InChI=1S/C14H30O/c1-3-5-7-8-9-10-11-13-14(15)12-6-4-2/h14-15H,3-13H2,1-2H3. The quantitative estimate of drug-likeness (QED) is 0.495. The van der Waals surface area contributed by atoms with E-state index in [1.807, 2.05) is 0 Å². The maximum absolute atomic E-state index is 9.62. The lowest BCUT2D eigenvalue weighted by molar-refractivity contribution is 0.148. The first-order valence-corrected chi connectivity index (χ1v) is 6.99. The Labute approximate surface area is 96.3 Å². The molecule has 0 bridgehead atoms. The molecule has 0 spiro atoms. The van der Waals surface area contributed by atoms with Crippen LogP contribution in [0.2, 0.25) is 0 Å². The third kappa shape index (κ3) is 11.9. The maximum Gasteiger partial charge on any atom is 0.0540 e. The van der Waals surface area contributed by atoms with Crippen molar-refractivity contribution in [2.45, 2.75) is 90.6 Å². The maximum atomic E-state index is 9.62. The number of aliphatic hydroxyl groups excluding tert-OH is 1. The summed E-state index contributed by atoms with van der Waals surface area (Å²) in [6.07, 6.45) is 13.8. The number of aliphatic hydroxyl groups is 1. The average Bonchev–Trinajstić information content (AvgIpc) is 2.25. The van der Waals surface area contributed by atoms with Crippen LogP contribution in [0.3, 0.4) is 0 Å². The minimum atomic E-state index is -0.0272. The molecular weight excluding hydrogens is 184 g/mol. The minimum absolute atomic E-state index is 0.0272. The molecule has 0 aliphatic rings. The van der Waals surface area contributed by atoms with E-state index in [0.29, 0.717) is 0 Å². The van der Waals surface area contributed by atoms with Crippen LogP contribution in [0.1, 0.15) is 84.5 Å². The van der Waals surface area contributed by atoms with Crippen LogP contribution >= 0.6 is 0 Å². The van der Waals surface area contributed by atoms with Gasteiger partial charge in [-0.3, -0.25) is 0 Å². The van der Waals surface area contributed by atoms with Gasteiger partial charge >= 0.3 is 0 Å². The van der Waals surface area contributed by atoms with Gasteiger partial charge in [-0.25, -0.2) is 0 Å². The lowest BCUT2D eigenvalue weighted by Crippen LogP contribution is -2.05. The third-order valence-electron chi connectivity index (χ3n) is 3.03. The number of unbranched alkanes of at least 4 members (excludes halogenated alkanes) is 7. The molecule has 0 aromatic heterocycles. The Morgan fingerprint density at radius 3 is 1.73 bits per heavy atom. The zero-order valence-electron chi connectivity index (χ0n) is 10.8. The van der Waals surface area contributed by atoms with Crippen molar-refractivity contribution in [2.24, 2.45) is 0 Å². The fraction of sp³-hybridized carbons (Fsp3) is 1.00. The first kappa shape index (κ1) is 15.0. The molecule has 0 aliphatic heterocycles. The van der Waals surface area contributed by atoms with E-state index >= 15 is 0 Å². The van der Waals surface area contributed by atoms with E-state index in [-0.39, 0.29) is 6.10 Å². The third-order valence-corrected chi connectivity index (χ3v) is 3.03. The molecule has 0 aromatic carbocycles. The van der Waals surface area contributed by atoms with Crippen molar-refractivity contribution in [1.29, 1.82) is 0 Å². The van der Waals surface area contributed by atoms with Gasteiger partial charge in [-0.2, -0.15) is 0 Å². The highest BCUT2D eigenvalue weighted by atomic mass is 16.3. The molecular formula is C14H30O. The van der Waals surface area contributed by atoms with Gasteiger partial charge in [0.2, 0.25) is 0 Å². The summed E-state index contributed by atoms with van der Waals surface area (Å²) in [5, 5.41) is 9.62. The van der Waals surface area contributed by atoms with E-state index in [9.17, 15) is 5.11 Å². The van der Waals surface area contributed by atoms with Gasteiger partial charge in [0.05, 0.1) is 6.10 Å². The monoisotopic (exact) mass is 214 g/mol. The highest BCUT2D eigenvalue weighted by molar-refractivity contribution is 4.56. The molecule has 0 aromatic rings. The summed E-state index contributed by atoms with van der Waals surface area (Å²) in [5.74, 6) is 0. The Bertz CT molecular complexity index is 112. The molecule has 1 atom stereocenters. The molecule has 0 radical (unpaired) electrons. The molecule has 1 heteroatoms. The first-order chi connectivity index (χ1) is 7.31. The molecule has 1 N–H and O–H groups in total. The lowest BCUT2D eigenvalue weighted by atomic mass is 10.0. The van der Waals surface area contributed by atoms with Crippen molar-refractivity contribution in [3.8, 4) is 0 Å². The number of rotatable bonds is 11. The molecule has 0 heterocycles. The molecule has 1 nitrogen and oxygen atoms in total. The second kappa shape index (κ2) is 12.0. The summed E-state index contributed by atoms with van der Waals surface area (Å²) in [7, 11) is 0. The van der Waals surface area contributed by atoms with Crippen LogP contribution in [-0.4, -0.2) is 11.2 Å². The topological polar surface area (TPSA) is 20.2 Å². The number of hydrogen-bond donors (Lipinski definition) is 1. The van der Waals surface area contributed by atoms with E-state index in [1.54, 1.807) is 0 Å². The molecule has 0 amide bonds. The first-order valence-electron chi connectivity index (χ1n) is 6.99. The lowest BCUT2D eigenvalue weighted by Gasteiger charge is -2.09. The van der Waals surface area contributed by atoms with Crippen molar-refractivity contribution < 1.29 is 5.11 Å². The van der Waals surface area contributed by atoms with Gasteiger partial charge in [0.25, 0.3) is 0 Å². The van der Waals surface area contributed by atoms with Crippen molar-refractivity contribution >= 4 is 0 Å². The Hall–Kier alpha value is -0.0400. The van der Waals surface area contributed by atoms with Gasteiger partial charge in [-0.1, -0.05) is 71.6 Å². The van der Waals surface area contributed by atoms with Gasteiger partial charge in [-0.05, 0) is 12.8 Å². The fourth-order valence-corrected chi connectivity index (χ4v) is 1.92.